The number of hydrogen-bond donors (Lipinski definition) is 3. The fourth-order valence-electron chi connectivity index (χ4n) is 1.53. The number of pyridine rings is 1. The lowest BCUT2D eigenvalue weighted by molar-refractivity contribution is 0.0952. The second-order valence-corrected chi connectivity index (χ2v) is 3.60. The molecule has 1 amide bonds. The molecule has 0 unspecified atom stereocenters. The number of amides is 1. The molecule has 92 valence electrons. The lowest BCUT2D eigenvalue weighted by atomic mass is 10.1. The van der Waals surface area contributed by atoms with Crippen molar-refractivity contribution in [1.82, 2.24) is 10.4 Å². The molecule has 0 aliphatic rings. The number of rotatable bonds is 2. The first kappa shape index (κ1) is 12.0. The van der Waals surface area contributed by atoms with E-state index in [-0.39, 0.29) is 11.4 Å². The van der Waals surface area contributed by atoms with Crippen LogP contribution in [0.4, 0.5) is 4.39 Å². The molecule has 0 fully saturated rings. The highest BCUT2D eigenvalue weighted by atomic mass is 19.1. The van der Waals surface area contributed by atoms with Crippen LogP contribution >= 0.6 is 0 Å². The number of benzene rings is 1. The minimum Gasteiger partial charge on any atom is -0.321 e. The van der Waals surface area contributed by atoms with Gasteiger partial charge in [-0.05, 0) is 42.0 Å². The third-order valence-electron chi connectivity index (χ3n) is 2.44. The Bertz CT molecular complexity index is 635. The molecule has 4 N–H and O–H groups in total. The van der Waals surface area contributed by atoms with Gasteiger partial charge < -0.3 is 4.98 Å². The predicted octanol–water partition coefficient (Wildman–Crippen LogP) is 0.784. The zero-order valence-corrected chi connectivity index (χ0v) is 9.24. The summed E-state index contributed by atoms with van der Waals surface area (Å²) in [6.07, 6.45) is 0. The first-order valence-electron chi connectivity index (χ1n) is 5.12. The number of nitrogen functional groups attached to an aromatic ring is 1. The van der Waals surface area contributed by atoms with Gasteiger partial charge in [0.05, 0.1) is 0 Å². The molecule has 0 saturated carbocycles. The maximum Gasteiger partial charge on any atom is 0.270 e. The van der Waals surface area contributed by atoms with E-state index < -0.39 is 11.5 Å². The van der Waals surface area contributed by atoms with Crippen LogP contribution in [0.3, 0.4) is 0 Å². The fourth-order valence-corrected chi connectivity index (χ4v) is 1.53. The van der Waals surface area contributed by atoms with Crippen LogP contribution in [-0.4, -0.2) is 10.9 Å². The molecule has 0 radical (unpaired) electrons. The van der Waals surface area contributed by atoms with Crippen LogP contribution < -0.4 is 16.8 Å². The summed E-state index contributed by atoms with van der Waals surface area (Å²) in [4.78, 5) is 25.4. The van der Waals surface area contributed by atoms with Crippen LogP contribution in [0.2, 0.25) is 0 Å². The molecule has 1 aromatic heterocycles. The number of carbonyl (C=O) groups is 1. The standard InChI is InChI=1S/C12H10FN3O2/c13-8-3-1-7(2-4-8)10-6-5-9(11(17)15-10)12(18)16-14/h1-6H,14H2,(H,15,17)(H,16,18). The number of hydrogen-bond acceptors (Lipinski definition) is 3. The minimum absolute atomic E-state index is 0.0802. The Morgan fingerprint density at radius 2 is 1.83 bits per heavy atom. The van der Waals surface area contributed by atoms with Crippen LogP contribution in [-0.2, 0) is 0 Å². The average Bonchev–Trinajstić information content (AvgIpc) is 2.38. The SMILES string of the molecule is NNC(=O)c1ccc(-c2ccc(F)cc2)[nH]c1=O. The van der Waals surface area contributed by atoms with Gasteiger partial charge in [-0.1, -0.05) is 0 Å². The van der Waals surface area contributed by atoms with Gasteiger partial charge in [0, 0.05) is 5.69 Å². The number of halogens is 1. The third kappa shape index (κ3) is 2.28. The van der Waals surface area contributed by atoms with Gasteiger partial charge in [-0.15, -0.1) is 0 Å². The number of hydrazine groups is 1. The minimum atomic E-state index is -0.665. The van der Waals surface area contributed by atoms with Crippen LogP contribution in [0.5, 0.6) is 0 Å². The summed E-state index contributed by atoms with van der Waals surface area (Å²) in [6, 6.07) is 8.55. The molecule has 5 nitrogen and oxygen atoms in total. The third-order valence-corrected chi connectivity index (χ3v) is 2.44. The Morgan fingerprint density at radius 3 is 2.39 bits per heavy atom. The van der Waals surface area contributed by atoms with Crippen molar-refractivity contribution >= 4 is 5.91 Å². The Labute approximate surface area is 101 Å². The van der Waals surface area contributed by atoms with E-state index in [1.165, 1.54) is 30.3 Å². The van der Waals surface area contributed by atoms with E-state index in [4.69, 9.17) is 5.84 Å². The molecule has 0 saturated heterocycles. The van der Waals surface area contributed by atoms with Crippen molar-refractivity contribution in [2.24, 2.45) is 5.84 Å². The molecule has 0 spiro atoms. The highest BCUT2D eigenvalue weighted by molar-refractivity contribution is 5.93. The van der Waals surface area contributed by atoms with Crippen LogP contribution in [0.15, 0.2) is 41.2 Å². The maximum absolute atomic E-state index is 12.8. The topological polar surface area (TPSA) is 88.0 Å². The van der Waals surface area contributed by atoms with E-state index in [0.717, 1.165) is 0 Å². The van der Waals surface area contributed by atoms with Gasteiger partial charge in [-0.3, -0.25) is 15.0 Å². The van der Waals surface area contributed by atoms with Crippen molar-refractivity contribution in [3.63, 3.8) is 0 Å². The van der Waals surface area contributed by atoms with Crippen molar-refractivity contribution in [3.05, 3.63) is 58.1 Å². The van der Waals surface area contributed by atoms with E-state index in [1.807, 2.05) is 5.43 Å². The summed E-state index contributed by atoms with van der Waals surface area (Å²) in [5, 5.41) is 0. The number of nitrogens with one attached hydrogen (secondary N) is 2. The van der Waals surface area contributed by atoms with Crippen molar-refractivity contribution < 1.29 is 9.18 Å². The van der Waals surface area contributed by atoms with Gasteiger partial charge in [-0.2, -0.15) is 0 Å². The molecule has 2 aromatic rings. The number of aromatic nitrogens is 1. The van der Waals surface area contributed by atoms with Crippen molar-refractivity contribution in [2.75, 3.05) is 0 Å². The zero-order chi connectivity index (χ0) is 13.1. The van der Waals surface area contributed by atoms with E-state index in [2.05, 4.69) is 4.98 Å². The Kier molecular flexibility index (Phi) is 3.20. The van der Waals surface area contributed by atoms with Crippen LogP contribution in [0, 0.1) is 5.82 Å². The Balaban J connectivity index is 2.43. The van der Waals surface area contributed by atoms with Crippen molar-refractivity contribution in [3.8, 4) is 11.3 Å². The monoisotopic (exact) mass is 247 g/mol. The summed E-state index contributed by atoms with van der Waals surface area (Å²) in [6.45, 7) is 0. The highest BCUT2D eigenvalue weighted by Gasteiger charge is 2.09. The molecule has 6 heteroatoms. The summed E-state index contributed by atoms with van der Waals surface area (Å²) >= 11 is 0. The first-order valence-corrected chi connectivity index (χ1v) is 5.12. The molecular weight excluding hydrogens is 237 g/mol. The van der Waals surface area contributed by atoms with Crippen molar-refractivity contribution in [1.29, 1.82) is 0 Å². The Morgan fingerprint density at radius 1 is 1.17 bits per heavy atom. The molecule has 18 heavy (non-hydrogen) atoms. The van der Waals surface area contributed by atoms with Gasteiger partial charge in [0.2, 0.25) is 0 Å². The largest absolute Gasteiger partial charge is 0.321 e. The summed E-state index contributed by atoms with van der Waals surface area (Å²) in [5.41, 5.74) is 2.38. The molecular formula is C12H10FN3O2. The molecule has 1 heterocycles. The normalized spacial score (nSPS) is 10.1. The van der Waals surface area contributed by atoms with Crippen LogP contribution in [0.1, 0.15) is 10.4 Å². The van der Waals surface area contributed by atoms with Gasteiger partial charge in [0.15, 0.2) is 0 Å². The molecule has 1 aromatic carbocycles. The van der Waals surface area contributed by atoms with E-state index >= 15 is 0 Å². The van der Waals surface area contributed by atoms with E-state index in [9.17, 15) is 14.0 Å². The van der Waals surface area contributed by atoms with Gasteiger partial charge >= 0.3 is 0 Å². The zero-order valence-electron chi connectivity index (χ0n) is 9.24. The smallest absolute Gasteiger partial charge is 0.270 e. The number of H-pyrrole nitrogens is 1. The summed E-state index contributed by atoms with van der Waals surface area (Å²) in [5.74, 6) is 3.92. The molecule has 0 aliphatic heterocycles. The summed E-state index contributed by atoms with van der Waals surface area (Å²) < 4.78 is 12.8. The molecule has 0 atom stereocenters. The van der Waals surface area contributed by atoms with Gasteiger partial charge in [-0.25, -0.2) is 10.2 Å². The second-order valence-electron chi connectivity index (χ2n) is 3.60. The number of aromatic amines is 1. The quantitative estimate of drug-likeness (QED) is 0.416. The maximum atomic E-state index is 12.8. The lowest BCUT2D eigenvalue weighted by Gasteiger charge is -2.03. The van der Waals surface area contributed by atoms with Gasteiger partial charge in [0.1, 0.15) is 11.4 Å². The highest BCUT2D eigenvalue weighted by Crippen LogP contribution is 2.15. The predicted molar refractivity (Wildman–Crippen MR) is 64.1 cm³/mol. The van der Waals surface area contributed by atoms with Gasteiger partial charge in [0.25, 0.3) is 11.5 Å². The summed E-state index contributed by atoms with van der Waals surface area (Å²) in [7, 11) is 0. The number of nitrogens with two attached hydrogens (primary N) is 1. The number of carbonyl (C=O) groups excluding carboxylic acids is 1. The second kappa shape index (κ2) is 4.80. The lowest BCUT2D eigenvalue weighted by Crippen LogP contribution is -2.34. The van der Waals surface area contributed by atoms with E-state index in [1.54, 1.807) is 6.07 Å². The Hall–Kier alpha value is -2.47. The van der Waals surface area contributed by atoms with E-state index in [0.29, 0.717) is 11.3 Å². The first-order chi connectivity index (χ1) is 8.61. The fraction of sp³-hybridized carbons (Fsp3) is 0. The molecule has 2 rings (SSSR count). The molecule has 0 aliphatic carbocycles. The van der Waals surface area contributed by atoms with Crippen molar-refractivity contribution in [2.45, 2.75) is 0 Å². The average molecular weight is 247 g/mol. The van der Waals surface area contributed by atoms with Crippen LogP contribution in [0.25, 0.3) is 11.3 Å². The molecule has 0 bridgehead atoms.